The van der Waals surface area contributed by atoms with Gasteiger partial charge < -0.3 is 14.9 Å². The number of nitrogens with zero attached hydrogens (tertiary/aromatic N) is 7. The topological polar surface area (TPSA) is 73.6 Å². The first kappa shape index (κ1) is 22.8. The fourth-order valence-electron chi connectivity index (χ4n) is 4.41. The van der Waals surface area contributed by atoms with Crippen molar-refractivity contribution in [1.29, 1.82) is 0 Å². The summed E-state index contributed by atoms with van der Waals surface area (Å²) in [5.41, 5.74) is 2.60. The zero-order valence-corrected chi connectivity index (χ0v) is 18.9. The summed E-state index contributed by atoms with van der Waals surface area (Å²) in [6, 6.07) is 0. The van der Waals surface area contributed by atoms with Gasteiger partial charge in [-0.2, -0.15) is 5.10 Å². The molecule has 4 heterocycles. The van der Waals surface area contributed by atoms with Gasteiger partial charge >= 0.3 is 0 Å². The number of rotatable bonds is 6. The van der Waals surface area contributed by atoms with Gasteiger partial charge in [0.2, 0.25) is 0 Å². The minimum atomic E-state index is 0. The molecule has 166 valence electrons. The van der Waals surface area contributed by atoms with Crippen molar-refractivity contribution >= 4 is 24.0 Å². The van der Waals surface area contributed by atoms with Crippen molar-refractivity contribution in [2.75, 3.05) is 55.7 Å². The highest BCUT2D eigenvalue weighted by molar-refractivity contribution is 5.85. The number of aryl methyl sites for hydroxylation is 1. The maximum Gasteiger partial charge on any atom is 0.172 e. The molecule has 8 nitrogen and oxygen atoms in total. The van der Waals surface area contributed by atoms with Gasteiger partial charge in [-0.25, -0.2) is 9.97 Å². The number of hydrogen-bond donors (Lipinski definition) is 1. The quantitative estimate of drug-likeness (QED) is 0.743. The normalized spacial score (nSPS) is 18.5. The van der Waals surface area contributed by atoms with Crippen molar-refractivity contribution in [2.24, 2.45) is 5.92 Å². The molecular formula is C21H34ClN7O. The maximum absolute atomic E-state index is 9.40. The Hall–Kier alpha value is -1.90. The van der Waals surface area contributed by atoms with E-state index >= 15 is 0 Å². The lowest BCUT2D eigenvalue weighted by Crippen LogP contribution is -2.47. The van der Waals surface area contributed by atoms with Gasteiger partial charge in [0.15, 0.2) is 11.6 Å². The molecule has 0 aromatic carbocycles. The standard InChI is InChI=1S/C21H33N7O.ClH/c1-3-28-17(2)19(14-24-28)15-25-10-12-27(13-11-25)21-20(22-6-7-23-21)26-8-4-18(16-29)5-9-26;/h6-7,14,18,29H,3-5,8-13,15-16H2,1-2H3;1H. The van der Waals surface area contributed by atoms with Crippen LogP contribution in [0.3, 0.4) is 0 Å². The Morgan fingerprint density at radius 2 is 1.57 bits per heavy atom. The minimum absolute atomic E-state index is 0. The summed E-state index contributed by atoms with van der Waals surface area (Å²) in [5, 5.41) is 13.9. The predicted octanol–water partition coefficient (Wildman–Crippen LogP) is 1.95. The predicted molar refractivity (Wildman–Crippen MR) is 121 cm³/mol. The summed E-state index contributed by atoms with van der Waals surface area (Å²) in [7, 11) is 0. The molecule has 2 aliphatic heterocycles. The molecule has 2 fully saturated rings. The number of piperidine rings is 1. The van der Waals surface area contributed by atoms with Gasteiger partial charge in [0.05, 0.1) is 6.20 Å². The molecule has 1 N–H and O–H groups in total. The first-order valence-electron chi connectivity index (χ1n) is 10.8. The molecule has 2 aromatic rings. The summed E-state index contributed by atoms with van der Waals surface area (Å²) in [6.45, 7) is 12.3. The van der Waals surface area contributed by atoms with Crippen LogP contribution in [0.5, 0.6) is 0 Å². The van der Waals surface area contributed by atoms with E-state index in [2.05, 4.69) is 43.3 Å². The van der Waals surface area contributed by atoms with Crippen LogP contribution < -0.4 is 9.80 Å². The summed E-state index contributed by atoms with van der Waals surface area (Å²) < 4.78 is 2.07. The van der Waals surface area contributed by atoms with Crippen LogP contribution >= 0.6 is 12.4 Å². The number of hydrogen-bond acceptors (Lipinski definition) is 7. The molecule has 0 spiro atoms. The van der Waals surface area contributed by atoms with E-state index in [9.17, 15) is 5.11 Å². The number of aromatic nitrogens is 4. The summed E-state index contributed by atoms with van der Waals surface area (Å²) in [6.07, 6.45) is 7.65. The molecule has 2 saturated heterocycles. The molecule has 0 unspecified atom stereocenters. The Labute approximate surface area is 185 Å². The third kappa shape index (κ3) is 4.87. The van der Waals surface area contributed by atoms with Crippen LogP contribution in [-0.2, 0) is 13.1 Å². The van der Waals surface area contributed by atoms with Crippen LogP contribution in [0.25, 0.3) is 0 Å². The minimum Gasteiger partial charge on any atom is -0.396 e. The Morgan fingerprint density at radius 1 is 0.967 bits per heavy atom. The van der Waals surface area contributed by atoms with Crippen molar-refractivity contribution < 1.29 is 5.11 Å². The third-order valence-electron chi connectivity index (χ3n) is 6.40. The van der Waals surface area contributed by atoms with E-state index in [0.717, 1.165) is 76.8 Å². The maximum atomic E-state index is 9.40. The van der Waals surface area contributed by atoms with Crippen molar-refractivity contribution in [3.63, 3.8) is 0 Å². The van der Waals surface area contributed by atoms with Gasteiger partial charge in [0.25, 0.3) is 0 Å². The van der Waals surface area contributed by atoms with E-state index in [0.29, 0.717) is 12.5 Å². The zero-order valence-electron chi connectivity index (χ0n) is 18.1. The smallest absolute Gasteiger partial charge is 0.172 e. The molecule has 0 aliphatic carbocycles. The van der Waals surface area contributed by atoms with Crippen LogP contribution in [0.15, 0.2) is 18.6 Å². The molecular weight excluding hydrogens is 402 g/mol. The molecule has 0 atom stereocenters. The molecule has 0 bridgehead atoms. The Morgan fingerprint density at radius 3 is 2.10 bits per heavy atom. The fraction of sp³-hybridized carbons (Fsp3) is 0.667. The molecule has 2 aromatic heterocycles. The van der Waals surface area contributed by atoms with E-state index in [1.165, 1.54) is 11.3 Å². The number of anilines is 2. The first-order chi connectivity index (χ1) is 14.2. The van der Waals surface area contributed by atoms with E-state index in [1.807, 2.05) is 6.20 Å². The van der Waals surface area contributed by atoms with E-state index in [1.54, 1.807) is 12.4 Å². The highest BCUT2D eigenvalue weighted by Gasteiger charge is 2.26. The van der Waals surface area contributed by atoms with E-state index in [-0.39, 0.29) is 12.4 Å². The van der Waals surface area contributed by atoms with Gasteiger partial charge in [0.1, 0.15) is 0 Å². The van der Waals surface area contributed by atoms with Gasteiger partial charge in [0, 0.05) is 82.6 Å². The van der Waals surface area contributed by atoms with E-state index < -0.39 is 0 Å². The van der Waals surface area contributed by atoms with Crippen LogP contribution in [0, 0.1) is 12.8 Å². The van der Waals surface area contributed by atoms with Crippen LogP contribution in [0.2, 0.25) is 0 Å². The van der Waals surface area contributed by atoms with Gasteiger partial charge in [-0.05, 0) is 32.6 Å². The summed E-state index contributed by atoms with van der Waals surface area (Å²) in [4.78, 5) is 16.6. The average Bonchev–Trinajstić information content (AvgIpc) is 3.13. The lowest BCUT2D eigenvalue weighted by molar-refractivity contribution is 0.202. The SMILES string of the molecule is CCn1ncc(CN2CCN(c3nccnc3N3CCC(CO)CC3)CC2)c1C.Cl. The number of aliphatic hydroxyl groups excluding tert-OH is 1. The monoisotopic (exact) mass is 435 g/mol. The summed E-state index contributed by atoms with van der Waals surface area (Å²) in [5.74, 6) is 2.43. The second kappa shape index (κ2) is 10.4. The molecule has 4 rings (SSSR count). The summed E-state index contributed by atoms with van der Waals surface area (Å²) >= 11 is 0. The van der Waals surface area contributed by atoms with Crippen LogP contribution in [0.1, 0.15) is 31.0 Å². The first-order valence-corrected chi connectivity index (χ1v) is 10.8. The molecule has 30 heavy (non-hydrogen) atoms. The lowest BCUT2D eigenvalue weighted by atomic mass is 9.98. The van der Waals surface area contributed by atoms with Crippen molar-refractivity contribution in [3.8, 4) is 0 Å². The Bertz CT molecular complexity index is 798. The second-order valence-electron chi connectivity index (χ2n) is 8.15. The van der Waals surface area contributed by atoms with Gasteiger partial charge in [-0.15, -0.1) is 12.4 Å². The molecule has 0 radical (unpaired) electrons. The fourth-order valence-corrected chi connectivity index (χ4v) is 4.41. The molecule has 0 saturated carbocycles. The number of halogens is 1. The lowest BCUT2D eigenvalue weighted by Gasteiger charge is -2.38. The van der Waals surface area contributed by atoms with Crippen LogP contribution in [-0.4, -0.2) is 75.6 Å². The van der Waals surface area contributed by atoms with E-state index in [4.69, 9.17) is 4.98 Å². The van der Waals surface area contributed by atoms with Crippen molar-refractivity contribution in [2.45, 2.75) is 39.8 Å². The van der Waals surface area contributed by atoms with Crippen molar-refractivity contribution in [1.82, 2.24) is 24.6 Å². The number of piperazine rings is 1. The highest BCUT2D eigenvalue weighted by atomic mass is 35.5. The molecule has 2 aliphatic rings. The van der Waals surface area contributed by atoms with Gasteiger partial charge in [-0.1, -0.05) is 0 Å². The Balaban J connectivity index is 0.00000256. The highest BCUT2D eigenvalue weighted by Crippen LogP contribution is 2.29. The average molecular weight is 436 g/mol. The van der Waals surface area contributed by atoms with Gasteiger partial charge in [-0.3, -0.25) is 9.58 Å². The van der Waals surface area contributed by atoms with Crippen molar-refractivity contribution in [3.05, 3.63) is 29.8 Å². The van der Waals surface area contributed by atoms with Crippen LogP contribution in [0.4, 0.5) is 11.6 Å². The second-order valence-corrected chi connectivity index (χ2v) is 8.15. The largest absolute Gasteiger partial charge is 0.396 e. The zero-order chi connectivity index (χ0) is 20.2. The molecule has 0 amide bonds. The number of aliphatic hydroxyl groups is 1. The molecule has 9 heteroatoms. The third-order valence-corrected chi connectivity index (χ3v) is 6.40. The Kier molecular flexibility index (Phi) is 7.91.